The van der Waals surface area contributed by atoms with E-state index in [0.717, 1.165) is 18.0 Å². The molecule has 0 saturated carbocycles. The van der Waals surface area contributed by atoms with E-state index in [1.807, 2.05) is 19.1 Å². The van der Waals surface area contributed by atoms with Crippen molar-refractivity contribution in [1.29, 1.82) is 0 Å². The van der Waals surface area contributed by atoms with E-state index in [9.17, 15) is 0 Å². The summed E-state index contributed by atoms with van der Waals surface area (Å²) in [5, 5.41) is 0. The highest BCUT2D eigenvalue weighted by Gasteiger charge is 2.31. The van der Waals surface area contributed by atoms with Crippen LogP contribution >= 0.6 is 0 Å². The minimum Gasteiger partial charge on any atom is -0.494 e. The van der Waals surface area contributed by atoms with Gasteiger partial charge in [0.25, 0.3) is 0 Å². The average Bonchev–Trinajstić information content (AvgIpc) is 2.51. The summed E-state index contributed by atoms with van der Waals surface area (Å²) >= 11 is 0. The molecule has 0 aromatic heterocycles. The number of nitrogens with zero attached hydrogens (tertiary/aromatic N) is 1. The number of hydrogen-bond acceptors (Lipinski definition) is 3. The number of benzene rings is 1. The fourth-order valence-electron chi connectivity index (χ4n) is 3.40. The van der Waals surface area contributed by atoms with Crippen molar-refractivity contribution in [1.82, 2.24) is 4.90 Å². The third kappa shape index (κ3) is 3.91. The van der Waals surface area contributed by atoms with Gasteiger partial charge in [0.1, 0.15) is 5.75 Å². The molecule has 1 aliphatic rings. The normalized spacial score (nSPS) is 18.6. The third-order valence-electron chi connectivity index (χ3n) is 5.20. The van der Waals surface area contributed by atoms with Crippen molar-refractivity contribution in [2.75, 3.05) is 25.4 Å². The lowest BCUT2D eigenvalue weighted by molar-refractivity contribution is 0.0902. The van der Waals surface area contributed by atoms with E-state index in [1.165, 1.54) is 44.3 Å². The fraction of sp³-hybridized carbons (Fsp3) is 0.667. The second kappa shape index (κ2) is 7.17. The van der Waals surface area contributed by atoms with Crippen LogP contribution < -0.4 is 10.5 Å². The zero-order chi connectivity index (χ0) is 15.3. The molecule has 0 amide bonds. The molecule has 0 unspecified atom stereocenters. The molecule has 1 aromatic carbocycles. The Morgan fingerprint density at radius 3 is 2.38 bits per heavy atom. The van der Waals surface area contributed by atoms with Crippen LogP contribution in [0.2, 0.25) is 0 Å². The highest BCUT2D eigenvalue weighted by atomic mass is 16.5. The molecule has 1 heterocycles. The molecule has 0 atom stereocenters. The molecule has 1 aromatic rings. The molecule has 3 nitrogen and oxygen atoms in total. The SMILES string of the molecule is CCOc1ccc(N)cc1CN1CCC(CC)(CC)CC1. The van der Waals surface area contributed by atoms with E-state index in [-0.39, 0.29) is 0 Å². The van der Waals surface area contributed by atoms with Gasteiger partial charge >= 0.3 is 0 Å². The van der Waals surface area contributed by atoms with E-state index < -0.39 is 0 Å². The van der Waals surface area contributed by atoms with Crippen LogP contribution in [0.15, 0.2) is 18.2 Å². The number of anilines is 1. The molecule has 118 valence electrons. The van der Waals surface area contributed by atoms with Gasteiger partial charge in [0, 0.05) is 17.8 Å². The van der Waals surface area contributed by atoms with Crippen molar-refractivity contribution < 1.29 is 4.74 Å². The molecule has 0 radical (unpaired) electrons. The number of piperidine rings is 1. The van der Waals surface area contributed by atoms with Gasteiger partial charge in [-0.15, -0.1) is 0 Å². The quantitative estimate of drug-likeness (QED) is 0.803. The van der Waals surface area contributed by atoms with Crippen LogP contribution in [-0.2, 0) is 6.54 Å². The van der Waals surface area contributed by atoms with Crippen LogP contribution in [0.5, 0.6) is 5.75 Å². The molecule has 1 fully saturated rings. The van der Waals surface area contributed by atoms with Crippen LogP contribution in [0.1, 0.15) is 52.0 Å². The molecule has 21 heavy (non-hydrogen) atoms. The predicted octanol–water partition coefficient (Wildman–Crippen LogP) is 4.07. The Morgan fingerprint density at radius 2 is 1.81 bits per heavy atom. The minimum absolute atomic E-state index is 0.578. The Morgan fingerprint density at radius 1 is 1.14 bits per heavy atom. The van der Waals surface area contributed by atoms with Crippen molar-refractivity contribution >= 4 is 5.69 Å². The van der Waals surface area contributed by atoms with Crippen molar-refractivity contribution in [2.24, 2.45) is 5.41 Å². The van der Waals surface area contributed by atoms with Gasteiger partial charge in [-0.25, -0.2) is 0 Å². The number of nitrogen functional groups attached to an aromatic ring is 1. The van der Waals surface area contributed by atoms with Crippen LogP contribution in [0, 0.1) is 5.41 Å². The molecule has 2 rings (SSSR count). The lowest BCUT2D eigenvalue weighted by Gasteiger charge is -2.41. The fourth-order valence-corrected chi connectivity index (χ4v) is 3.40. The Balaban J connectivity index is 2.01. The zero-order valence-corrected chi connectivity index (χ0v) is 13.8. The van der Waals surface area contributed by atoms with Gasteiger partial charge in [-0.05, 0) is 56.5 Å². The highest BCUT2D eigenvalue weighted by Crippen LogP contribution is 2.38. The Labute approximate surface area is 129 Å². The zero-order valence-electron chi connectivity index (χ0n) is 13.8. The standard InChI is InChI=1S/C18H30N2O/c1-4-18(5-2)9-11-20(12-10-18)14-15-13-16(19)7-8-17(15)21-6-3/h7-8,13H,4-6,9-12,14,19H2,1-3H3. The van der Waals surface area contributed by atoms with Crippen LogP contribution in [0.3, 0.4) is 0 Å². The molecule has 0 bridgehead atoms. The summed E-state index contributed by atoms with van der Waals surface area (Å²) in [6, 6.07) is 5.98. The Hall–Kier alpha value is -1.22. The summed E-state index contributed by atoms with van der Waals surface area (Å²) in [6.07, 6.45) is 5.23. The van der Waals surface area contributed by atoms with Gasteiger partial charge in [0.05, 0.1) is 6.61 Å². The summed E-state index contributed by atoms with van der Waals surface area (Å²) in [6.45, 7) is 10.7. The second-order valence-electron chi connectivity index (χ2n) is 6.28. The maximum Gasteiger partial charge on any atom is 0.123 e. The van der Waals surface area contributed by atoms with Crippen molar-refractivity contribution in [3.8, 4) is 5.75 Å². The third-order valence-corrected chi connectivity index (χ3v) is 5.20. The van der Waals surface area contributed by atoms with Gasteiger partial charge in [0.15, 0.2) is 0 Å². The lowest BCUT2D eigenvalue weighted by atomic mass is 9.74. The monoisotopic (exact) mass is 290 g/mol. The number of nitrogens with two attached hydrogens (primary N) is 1. The van der Waals surface area contributed by atoms with Crippen molar-refractivity contribution in [3.63, 3.8) is 0 Å². The minimum atomic E-state index is 0.578. The first-order valence-corrected chi connectivity index (χ1v) is 8.36. The molecule has 3 heteroatoms. The lowest BCUT2D eigenvalue weighted by Crippen LogP contribution is -2.39. The molecule has 2 N–H and O–H groups in total. The largest absolute Gasteiger partial charge is 0.494 e. The van der Waals surface area contributed by atoms with Crippen LogP contribution in [-0.4, -0.2) is 24.6 Å². The first-order valence-electron chi connectivity index (χ1n) is 8.36. The van der Waals surface area contributed by atoms with E-state index in [2.05, 4.69) is 24.8 Å². The van der Waals surface area contributed by atoms with Crippen LogP contribution in [0.4, 0.5) is 5.69 Å². The topological polar surface area (TPSA) is 38.5 Å². The van der Waals surface area contributed by atoms with Gasteiger partial charge in [0.2, 0.25) is 0 Å². The Kier molecular flexibility index (Phi) is 5.51. The smallest absolute Gasteiger partial charge is 0.123 e. The molecule has 1 saturated heterocycles. The summed E-state index contributed by atoms with van der Waals surface area (Å²) in [7, 11) is 0. The first kappa shape index (κ1) is 16.2. The van der Waals surface area contributed by atoms with Gasteiger partial charge < -0.3 is 10.5 Å². The predicted molar refractivity (Wildman–Crippen MR) is 89.5 cm³/mol. The average molecular weight is 290 g/mol. The highest BCUT2D eigenvalue weighted by molar-refractivity contribution is 5.47. The van der Waals surface area contributed by atoms with E-state index in [4.69, 9.17) is 10.5 Å². The van der Waals surface area contributed by atoms with Gasteiger partial charge in [-0.1, -0.05) is 26.7 Å². The Bertz CT molecular complexity index is 445. The first-order chi connectivity index (χ1) is 10.1. The number of ether oxygens (including phenoxy) is 1. The molecular weight excluding hydrogens is 260 g/mol. The summed E-state index contributed by atoms with van der Waals surface area (Å²) in [4.78, 5) is 2.54. The van der Waals surface area contributed by atoms with E-state index >= 15 is 0 Å². The number of likely N-dealkylation sites (tertiary alicyclic amines) is 1. The van der Waals surface area contributed by atoms with Crippen molar-refractivity contribution in [3.05, 3.63) is 23.8 Å². The van der Waals surface area contributed by atoms with Crippen LogP contribution in [0.25, 0.3) is 0 Å². The maximum absolute atomic E-state index is 5.94. The van der Waals surface area contributed by atoms with Crippen molar-refractivity contribution in [2.45, 2.75) is 53.0 Å². The van der Waals surface area contributed by atoms with Gasteiger partial charge in [-0.3, -0.25) is 4.90 Å². The molecular formula is C18H30N2O. The summed E-state index contributed by atoms with van der Waals surface area (Å²) in [5.74, 6) is 0.981. The summed E-state index contributed by atoms with van der Waals surface area (Å²) in [5.41, 5.74) is 8.56. The molecule has 1 aliphatic heterocycles. The number of hydrogen-bond donors (Lipinski definition) is 1. The summed E-state index contributed by atoms with van der Waals surface area (Å²) < 4.78 is 5.73. The molecule has 0 spiro atoms. The van der Waals surface area contributed by atoms with E-state index in [1.54, 1.807) is 0 Å². The second-order valence-corrected chi connectivity index (χ2v) is 6.28. The van der Waals surface area contributed by atoms with Gasteiger partial charge in [-0.2, -0.15) is 0 Å². The number of rotatable bonds is 6. The van der Waals surface area contributed by atoms with E-state index in [0.29, 0.717) is 12.0 Å². The molecule has 0 aliphatic carbocycles. The maximum atomic E-state index is 5.94.